The minimum atomic E-state index is -5.49. The number of ether oxygens (including phenoxy) is 1. The number of aliphatic hydroxyl groups is 3. The second kappa shape index (κ2) is 15.3. The number of anilines is 1. The molecule has 1 fully saturated rings. The molecular formula is C23H35N6O17P3. The molecule has 10 N–H and O–H groups in total. The number of nitrogen functional groups attached to an aromatic ring is 1. The van der Waals surface area contributed by atoms with E-state index in [-0.39, 0.29) is 29.1 Å². The lowest BCUT2D eigenvalue weighted by Gasteiger charge is -2.36. The summed E-state index contributed by atoms with van der Waals surface area (Å²) in [6.45, 7) is 1.21. The number of hydrogen-bond acceptors (Lipinski definition) is 17. The van der Waals surface area contributed by atoms with Crippen LogP contribution in [0.15, 0.2) is 36.6 Å². The lowest BCUT2D eigenvalue weighted by molar-refractivity contribution is -0.132. The molecule has 49 heavy (non-hydrogen) atoms. The molecule has 0 amide bonds. The predicted octanol–water partition coefficient (Wildman–Crippen LogP) is -1.02. The number of nitrogens with two attached hydrogens (primary N) is 1. The topological polar surface area (TPSA) is 349 Å². The van der Waals surface area contributed by atoms with Crippen molar-refractivity contribution in [2.24, 2.45) is 5.92 Å². The number of rotatable bonds is 16. The van der Waals surface area contributed by atoms with E-state index in [2.05, 4.69) is 19.3 Å². The summed E-state index contributed by atoms with van der Waals surface area (Å²) in [5.74, 6) is -2.33. The van der Waals surface area contributed by atoms with Crippen LogP contribution >= 0.6 is 23.5 Å². The van der Waals surface area contributed by atoms with Crippen molar-refractivity contribution in [2.45, 2.75) is 56.6 Å². The first-order chi connectivity index (χ1) is 22.7. The lowest BCUT2D eigenvalue weighted by atomic mass is 9.95. The Morgan fingerprint density at radius 3 is 2.41 bits per heavy atom. The van der Waals surface area contributed by atoms with E-state index in [4.69, 9.17) is 24.0 Å². The minimum absolute atomic E-state index is 0.00856. The van der Waals surface area contributed by atoms with Crippen LogP contribution < -0.4 is 5.73 Å². The summed E-state index contributed by atoms with van der Waals surface area (Å²) in [6.07, 6.45) is -3.73. The Kier molecular flexibility index (Phi) is 12.2. The zero-order chi connectivity index (χ0) is 36.5. The van der Waals surface area contributed by atoms with E-state index in [0.717, 1.165) is 17.2 Å². The van der Waals surface area contributed by atoms with Crippen molar-refractivity contribution in [3.8, 4) is 0 Å². The summed E-state index contributed by atoms with van der Waals surface area (Å²) in [4.78, 5) is 63.4. The minimum Gasteiger partial charge on any atom is -0.478 e. The van der Waals surface area contributed by atoms with Gasteiger partial charge in [-0.15, -0.1) is 0 Å². The van der Waals surface area contributed by atoms with Crippen molar-refractivity contribution in [2.75, 3.05) is 25.5 Å². The summed E-state index contributed by atoms with van der Waals surface area (Å²) >= 11 is 0. The van der Waals surface area contributed by atoms with Gasteiger partial charge in [0.15, 0.2) is 17.7 Å². The number of phosphoric ester groups is 3. The number of imidazole rings is 1. The summed E-state index contributed by atoms with van der Waals surface area (Å²) < 4.78 is 61.8. The molecule has 0 radical (unpaired) electrons. The van der Waals surface area contributed by atoms with Crippen molar-refractivity contribution in [1.82, 2.24) is 24.4 Å². The molecule has 2 aromatic heterocycles. The molecule has 0 aromatic carbocycles. The van der Waals surface area contributed by atoms with Gasteiger partial charge in [0.05, 0.1) is 37.3 Å². The van der Waals surface area contributed by atoms with Gasteiger partial charge >= 0.3 is 29.4 Å². The Hall–Kier alpha value is -2.69. The van der Waals surface area contributed by atoms with E-state index in [9.17, 15) is 58.5 Å². The molecule has 23 nitrogen and oxygen atoms in total. The smallest absolute Gasteiger partial charge is 0.478 e. The molecule has 0 aliphatic carbocycles. The zero-order valence-electron chi connectivity index (χ0n) is 25.5. The van der Waals surface area contributed by atoms with E-state index >= 15 is 0 Å². The largest absolute Gasteiger partial charge is 0.481 e. The van der Waals surface area contributed by atoms with Gasteiger partial charge in [-0.25, -0.2) is 33.4 Å². The third kappa shape index (κ3) is 9.76. The van der Waals surface area contributed by atoms with Crippen LogP contribution in [0.1, 0.15) is 20.1 Å². The molecule has 2 aliphatic heterocycles. The highest BCUT2D eigenvalue weighted by Gasteiger charge is 2.50. The number of carboxylic acids is 1. The lowest BCUT2D eigenvalue weighted by Crippen LogP contribution is -2.48. The third-order valence-electron chi connectivity index (χ3n) is 7.46. The molecule has 1 saturated heterocycles. The third-order valence-corrected chi connectivity index (χ3v) is 10.6. The number of aliphatic carboxylic acids is 1. The Morgan fingerprint density at radius 2 is 1.76 bits per heavy atom. The van der Waals surface area contributed by atoms with Gasteiger partial charge in [0.1, 0.15) is 36.3 Å². The molecule has 26 heteroatoms. The Labute approximate surface area is 276 Å². The van der Waals surface area contributed by atoms with E-state index in [1.165, 1.54) is 31.0 Å². The highest BCUT2D eigenvalue weighted by atomic mass is 31.3. The van der Waals surface area contributed by atoms with Gasteiger partial charge in [0, 0.05) is 18.7 Å². The first-order valence-corrected chi connectivity index (χ1v) is 18.6. The summed E-state index contributed by atoms with van der Waals surface area (Å²) in [5.41, 5.74) is 5.78. The predicted molar refractivity (Wildman–Crippen MR) is 161 cm³/mol. The highest BCUT2D eigenvalue weighted by Crippen LogP contribution is 2.61. The molecule has 4 heterocycles. The average Bonchev–Trinajstić information content (AvgIpc) is 3.58. The molecule has 0 spiro atoms. The molecule has 4 unspecified atom stereocenters. The van der Waals surface area contributed by atoms with E-state index < -0.39 is 91.4 Å². The highest BCUT2D eigenvalue weighted by molar-refractivity contribution is 7.61. The molecule has 0 saturated carbocycles. The fourth-order valence-electron chi connectivity index (χ4n) is 4.87. The van der Waals surface area contributed by atoms with Crippen molar-refractivity contribution in [3.63, 3.8) is 0 Å². The number of hydrogen-bond donors (Lipinski definition) is 9. The molecule has 274 valence electrons. The Bertz CT molecular complexity index is 1720. The van der Waals surface area contributed by atoms with Crippen molar-refractivity contribution < 1.29 is 81.1 Å². The normalized spacial score (nSPS) is 26.5. The second-order valence-electron chi connectivity index (χ2n) is 11.0. The first-order valence-electron chi connectivity index (χ1n) is 14.1. The maximum Gasteiger partial charge on any atom is 0.481 e. The molecule has 0 bridgehead atoms. The number of phosphoric acid groups is 3. The summed E-state index contributed by atoms with van der Waals surface area (Å²) in [5, 5.41) is 41.2. The summed E-state index contributed by atoms with van der Waals surface area (Å²) in [7, 11) is -16.2. The van der Waals surface area contributed by atoms with Crippen LogP contribution in [0.3, 0.4) is 0 Å². The maximum absolute atomic E-state index is 12.6. The Balaban J connectivity index is 1.35. The van der Waals surface area contributed by atoms with Crippen molar-refractivity contribution in [1.29, 1.82) is 0 Å². The van der Waals surface area contributed by atoms with Gasteiger partial charge in [0.2, 0.25) is 0 Å². The zero-order valence-corrected chi connectivity index (χ0v) is 28.2. The SMILES string of the molecule is CC(COP(=O)(O)OP(=O)(O)OC[C@H]1O[C@@H](n2cnc3c(N)ncnc32)[C@H](OP(=O)(O)O)[C@@H]1O)[C@@H](O)[C@@H](O)C(C)N1C=C(C(=O)O)C=CC1. The Morgan fingerprint density at radius 1 is 1.08 bits per heavy atom. The van der Waals surface area contributed by atoms with Crippen LogP contribution in [-0.2, 0) is 41.1 Å². The monoisotopic (exact) mass is 760 g/mol. The van der Waals surface area contributed by atoms with Crippen LogP contribution in [0.5, 0.6) is 0 Å². The standard InChI is InChI=1S/C23H35N6O17P3/c1-11(16(30)17(31)12(2)28-5-3-4-13(6-28)23(33)34)7-42-48(38,39)46-49(40,41)43-8-14-18(32)19(45-47(35,36)37)22(44-14)29-10-27-15-20(24)25-9-26-21(15)29/h3-4,6,9-12,14,16-19,22,30-32H,5,7-8H2,1-2H3,(H,33,34)(H,38,39)(H,40,41)(H2,24,25,26)(H2,35,36,37)/t11?,12?,14-,16-,17+,18-,19-,22-/m1/s1. The number of nitrogens with zero attached hydrogens (tertiary/aromatic N) is 5. The first kappa shape index (κ1) is 39.1. The molecule has 2 aromatic rings. The number of carbonyl (C=O) groups is 1. The summed E-state index contributed by atoms with van der Waals surface area (Å²) in [6, 6.07) is -0.821. The number of fused-ring (bicyclic) bond motifs is 1. The maximum atomic E-state index is 12.6. The van der Waals surface area contributed by atoms with E-state index in [1.54, 1.807) is 6.08 Å². The number of aliphatic hydroxyl groups excluding tert-OH is 3. The number of aromatic nitrogens is 4. The average molecular weight is 760 g/mol. The molecule has 4 rings (SSSR count). The number of carboxylic acid groups (broad SMARTS) is 1. The van der Waals surface area contributed by atoms with Gasteiger partial charge in [0.25, 0.3) is 0 Å². The van der Waals surface area contributed by atoms with Crippen LogP contribution in [0, 0.1) is 5.92 Å². The van der Waals surface area contributed by atoms with Crippen molar-refractivity contribution >= 4 is 46.4 Å². The van der Waals surface area contributed by atoms with Gasteiger partial charge in [-0.3, -0.25) is 18.1 Å². The fourth-order valence-corrected chi connectivity index (χ4v) is 7.59. The van der Waals surface area contributed by atoms with Gasteiger partial charge in [-0.05, 0) is 13.0 Å². The molecular weight excluding hydrogens is 725 g/mol. The molecule has 2 aliphatic rings. The van der Waals surface area contributed by atoms with Gasteiger partial charge in [-0.2, -0.15) is 4.31 Å². The quantitative estimate of drug-likeness (QED) is 0.0925. The van der Waals surface area contributed by atoms with Crippen LogP contribution in [-0.4, -0.2) is 127 Å². The van der Waals surface area contributed by atoms with Gasteiger partial charge in [-0.1, -0.05) is 13.0 Å². The van der Waals surface area contributed by atoms with Crippen LogP contribution in [0.4, 0.5) is 5.82 Å². The van der Waals surface area contributed by atoms with Crippen LogP contribution in [0.2, 0.25) is 0 Å². The van der Waals surface area contributed by atoms with E-state index in [1.807, 2.05) is 0 Å². The van der Waals surface area contributed by atoms with Crippen molar-refractivity contribution in [3.05, 3.63) is 36.6 Å². The van der Waals surface area contributed by atoms with Gasteiger partial charge < -0.3 is 55.4 Å². The molecule has 10 atom stereocenters. The fraction of sp³-hybridized carbons (Fsp3) is 0.565. The van der Waals surface area contributed by atoms with E-state index in [0.29, 0.717) is 0 Å². The van der Waals surface area contributed by atoms with Crippen LogP contribution in [0.25, 0.3) is 11.2 Å². The second-order valence-corrected chi connectivity index (χ2v) is 15.2.